The van der Waals surface area contributed by atoms with Crippen LogP contribution in [0.1, 0.15) is 30.5 Å². The van der Waals surface area contributed by atoms with Crippen LogP contribution in [0.3, 0.4) is 0 Å². The summed E-state index contributed by atoms with van der Waals surface area (Å²) in [7, 11) is 1.61. The van der Waals surface area contributed by atoms with Crippen LogP contribution < -0.4 is 15.1 Å². The summed E-state index contributed by atoms with van der Waals surface area (Å²) in [6.45, 7) is 5.22. The zero-order chi connectivity index (χ0) is 23.6. The van der Waals surface area contributed by atoms with Crippen LogP contribution in [0.25, 0.3) is 11.0 Å². The molecule has 0 aliphatic rings. The number of aromatic nitrogens is 1. The average molecular weight is 462 g/mol. The van der Waals surface area contributed by atoms with Crippen molar-refractivity contribution >= 4 is 33.9 Å². The third kappa shape index (κ3) is 4.96. The topological polar surface area (TPSA) is 102 Å². The van der Waals surface area contributed by atoms with Gasteiger partial charge in [-0.3, -0.25) is 4.72 Å². The number of ether oxygens (including phenoxy) is 1. The van der Waals surface area contributed by atoms with Crippen molar-refractivity contribution in [2.75, 3.05) is 18.8 Å². The third-order valence-corrected chi connectivity index (χ3v) is 6.04. The number of aryl methyl sites for hydroxylation is 1. The first kappa shape index (κ1) is 23.4. The number of fused-ring (bicyclic) bond motifs is 1. The molecule has 2 heterocycles. The Labute approximate surface area is 187 Å². The Bertz CT molecular complexity index is 1260. The second-order valence-corrected chi connectivity index (χ2v) is 9.41. The van der Waals surface area contributed by atoms with Gasteiger partial charge < -0.3 is 14.1 Å². The molecule has 1 atom stereocenters. The van der Waals surface area contributed by atoms with Gasteiger partial charge in [-0.05, 0) is 50.1 Å². The molecule has 1 aromatic carbocycles. The summed E-state index contributed by atoms with van der Waals surface area (Å²) < 4.78 is 40.2. The summed E-state index contributed by atoms with van der Waals surface area (Å²) >= 11 is 0. The Balaban J connectivity index is 1.96. The number of amides is 1. The van der Waals surface area contributed by atoms with E-state index < -0.39 is 28.5 Å². The van der Waals surface area contributed by atoms with E-state index in [0.717, 1.165) is 0 Å². The van der Waals surface area contributed by atoms with Gasteiger partial charge >= 0.3 is 11.7 Å². The lowest BCUT2D eigenvalue weighted by molar-refractivity contribution is 0.172. The van der Waals surface area contributed by atoms with E-state index in [1.807, 2.05) is 0 Å². The Morgan fingerprint density at radius 3 is 2.69 bits per heavy atom. The van der Waals surface area contributed by atoms with Crippen molar-refractivity contribution in [2.45, 2.75) is 32.4 Å². The first-order valence-corrected chi connectivity index (χ1v) is 11.1. The molecular formula is C22H24FN3O5S. The van der Waals surface area contributed by atoms with E-state index in [0.29, 0.717) is 10.9 Å². The number of anilines is 1. The molecule has 1 N–H and O–H groups in total. The molecule has 3 rings (SSSR count). The highest BCUT2D eigenvalue weighted by Crippen LogP contribution is 2.26. The van der Waals surface area contributed by atoms with Crippen LogP contribution in [-0.2, 0) is 17.4 Å². The van der Waals surface area contributed by atoms with E-state index in [4.69, 9.17) is 9.15 Å². The highest BCUT2D eigenvalue weighted by molar-refractivity contribution is 7.86. The molecule has 32 heavy (non-hydrogen) atoms. The van der Waals surface area contributed by atoms with Crippen molar-refractivity contribution in [3.05, 3.63) is 63.4 Å². The fourth-order valence-electron chi connectivity index (χ4n) is 2.93. The fraction of sp³-hybridized carbons (Fsp3) is 0.318. The quantitative estimate of drug-likeness (QED) is 0.561. The molecule has 8 nitrogen and oxygen atoms in total. The van der Waals surface area contributed by atoms with Gasteiger partial charge in [0.25, 0.3) is 0 Å². The fourth-order valence-corrected chi connectivity index (χ4v) is 3.50. The summed E-state index contributed by atoms with van der Waals surface area (Å²) in [4.78, 5) is 29.6. The van der Waals surface area contributed by atoms with E-state index in [-0.39, 0.29) is 39.9 Å². The van der Waals surface area contributed by atoms with Crippen molar-refractivity contribution in [1.82, 2.24) is 9.88 Å². The molecule has 0 bridgehead atoms. The van der Waals surface area contributed by atoms with Gasteiger partial charge in [0.2, 0.25) is 0 Å². The molecule has 0 spiro atoms. The van der Waals surface area contributed by atoms with Crippen LogP contribution in [-0.4, -0.2) is 39.5 Å². The molecule has 1 amide bonds. The van der Waals surface area contributed by atoms with Crippen molar-refractivity contribution in [3.63, 3.8) is 0 Å². The zero-order valence-electron chi connectivity index (χ0n) is 18.4. The Morgan fingerprint density at radius 1 is 1.31 bits per heavy atom. The molecule has 0 aliphatic heterocycles. The maximum Gasteiger partial charge on any atom is 0.414 e. The van der Waals surface area contributed by atoms with E-state index >= 15 is 0 Å². The average Bonchev–Trinajstić information content (AvgIpc) is 2.73. The van der Waals surface area contributed by atoms with Crippen LogP contribution in [0.15, 0.2) is 39.7 Å². The number of hydrogen-bond acceptors (Lipinski definition) is 6. The third-order valence-electron chi connectivity index (χ3n) is 4.79. The SMILES string of the molecule is Cc1c(Cc2ccnc(NS(=O)C(C)C)c2F)c(=O)oc2cc(OC(=O)N(C)C)ccc12. The molecule has 1 unspecified atom stereocenters. The number of carbonyl (C=O) groups excluding carboxylic acids is 1. The maximum atomic E-state index is 15.0. The number of pyridine rings is 1. The predicted molar refractivity (Wildman–Crippen MR) is 121 cm³/mol. The van der Waals surface area contributed by atoms with Crippen LogP contribution in [0.2, 0.25) is 0 Å². The first-order chi connectivity index (χ1) is 15.1. The van der Waals surface area contributed by atoms with E-state index in [1.54, 1.807) is 47.0 Å². The van der Waals surface area contributed by atoms with Gasteiger partial charge in [-0.1, -0.05) is 0 Å². The monoisotopic (exact) mass is 461 g/mol. The van der Waals surface area contributed by atoms with Gasteiger partial charge in [0.15, 0.2) is 11.6 Å². The lowest BCUT2D eigenvalue weighted by Gasteiger charge is -2.13. The number of halogens is 1. The Hall–Kier alpha value is -3.27. The minimum absolute atomic E-state index is 0.0289. The summed E-state index contributed by atoms with van der Waals surface area (Å²) in [6.07, 6.45) is 0.802. The van der Waals surface area contributed by atoms with Gasteiger partial charge in [-0.25, -0.2) is 23.2 Å². The molecule has 2 aromatic heterocycles. The number of nitrogens with zero attached hydrogens (tertiary/aromatic N) is 2. The van der Waals surface area contributed by atoms with Crippen molar-refractivity contribution in [1.29, 1.82) is 0 Å². The minimum atomic E-state index is -1.50. The highest BCUT2D eigenvalue weighted by Gasteiger charge is 2.18. The second kappa shape index (κ2) is 9.47. The Morgan fingerprint density at radius 2 is 2.03 bits per heavy atom. The predicted octanol–water partition coefficient (Wildman–Crippen LogP) is 3.77. The van der Waals surface area contributed by atoms with Gasteiger partial charge in [-0.2, -0.15) is 0 Å². The van der Waals surface area contributed by atoms with E-state index in [1.165, 1.54) is 23.2 Å². The molecule has 0 aliphatic carbocycles. The molecular weight excluding hydrogens is 437 g/mol. The van der Waals surface area contributed by atoms with Gasteiger partial charge in [0.05, 0.1) is 0 Å². The summed E-state index contributed by atoms with van der Waals surface area (Å²) in [5.41, 5.74) is 0.761. The lowest BCUT2D eigenvalue weighted by atomic mass is 10.00. The molecule has 3 aromatic rings. The summed E-state index contributed by atoms with van der Waals surface area (Å²) in [6, 6.07) is 6.20. The molecule has 0 saturated carbocycles. The smallest absolute Gasteiger partial charge is 0.414 e. The largest absolute Gasteiger partial charge is 0.422 e. The molecule has 0 saturated heterocycles. The Kier molecular flexibility index (Phi) is 6.93. The molecule has 10 heteroatoms. The maximum absolute atomic E-state index is 15.0. The number of benzene rings is 1. The number of nitrogens with one attached hydrogen (secondary N) is 1. The van der Waals surface area contributed by atoms with Crippen LogP contribution in [0, 0.1) is 12.7 Å². The first-order valence-electron chi connectivity index (χ1n) is 9.84. The standard InChI is InChI=1S/C22H24FN3O5S/c1-12(2)32(29)25-20-19(23)14(8-9-24-20)10-17-13(3)16-7-6-15(30-22(28)26(4)5)11-18(16)31-21(17)27/h6-9,11-12H,10H2,1-5H3,(H,24,25). The van der Waals surface area contributed by atoms with E-state index in [9.17, 15) is 18.2 Å². The number of carbonyl (C=O) groups is 1. The number of rotatable bonds is 6. The van der Waals surface area contributed by atoms with Gasteiger partial charge in [-0.15, -0.1) is 0 Å². The summed E-state index contributed by atoms with van der Waals surface area (Å²) in [5.74, 6) is -0.573. The van der Waals surface area contributed by atoms with Crippen molar-refractivity contribution < 1.29 is 22.5 Å². The minimum Gasteiger partial charge on any atom is -0.422 e. The van der Waals surface area contributed by atoms with Crippen LogP contribution in [0.4, 0.5) is 15.0 Å². The van der Waals surface area contributed by atoms with Crippen LogP contribution >= 0.6 is 0 Å². The lowest BCUT2D eigenvalue weighted by Crippen LogP contribution is -2.25. The molecule has 0 fully saturated rings. The number of hydrogen-bond donors (Lipinski definition) is 1. The zero-order valence-corrected chi connectivity index (χ0v) is 19.2. The van der Waals surface area contributed by atoms with Gasteiger partial charge in [0, 0.05) is 49.0 Å². The van der Waals surface area contributed by atoms with Gasteiger partial charge in [0.1, 0.15) is 22.3 Å². The highest BCUT2D eigenvalue weighted by atomic mass is 32.2. The van der Waals surface area contributed by atoms with Crippen molar-refractivity contribution in [3.8, 4) is 5.75 Å². The molecule has 0 radical (unpaired) electrons. The van der Waals surface area contributed by atoms with Crippen LogP contribution in [0.5, 0.6) is 5.75 Å². The van der Waals surface area contributed by atoms with E-state index in [2.05, 4.69) is 9.71 Å². The normalized spacial score (nSPS) is 12.1. The molecule has 170 valence electrons. The van der Waals surface area contributed by atoms with Crippen molar-refractivity contribution in [2.24, 2.45) is 0 Å². The summed E-state index contributed by atoms with van der Waals surface area (Å²) in [5, 5.41) is 0.412. The second-order valence-electron chi connectivity index (χ2n) is 7.67.